The molecule has 6 nitrogen and oxygen atoms in total. The zero-order valence-corrected chi connectivity index (χ0v) is 18.5. The van der Waals surface area contributed by atoms with Crippen molar-refractivity contribution in [1.82, 2.24) is 9.88 Å². The fourth-order valence-electron chi connectivity index (χ4n) is 4.14. The van der Waals surface area contributed by atoms with Gasteiger partial charge in [0.1, 0.15) is 11.5 Å². The Kier molecular flexibility index (Phi) is 6.23. The van der Waals surface area contributed by atoms with Gasteiger partial charge in [0.25, 0.3) is 5.91 Å². The molecule has 0 radical (unpaired) electrons. The summed E-state index contributed by atoms with van der Waals surface area (Å²) in [6.45, 7) is 0.321. The van der Waals surface area contributed by atoms with Gasteiger partial charge in [-0.15, -0.1) is 0 Å². The average Bonchev–Trinajstić information content (AvgIpc) is 3.10. The number of hydrogen-bond donors (Lipinski definition) is 4. The minimum absolute atomic E-state index is 0.0324. The van der Waals surface area contributed by atoms with Crippen LogP contribution < -0.4 is 16.8 Å². The standard InChI is InChI=1S/C23H25Cl2N5O/c24-18-2-1-3-19(25)17(18)12-30-20-11-14(22(27)28)5-4-13(20)10-21(30)23(31)29-16-8-6-15(26)7-9-16/h1-5,10-11,15-16H,6-9,12,26H2,(H3,27,28)(H,29,31). The molecule has 6 N–H and O–H groups in total. The van der Waals surface area contributed by atoms with Crippen molar-refractivity contribution in [3.05, 3.63) is 69.3 Å². The van der Waals surface area contributed by atoms with E-state index < -0.39 is 0 Å². The number of nitrogens with zero attached hydrogens (tertiary/aromatic N) is 1. The van der Waals surface area contributed by atoms with Crippen LogP contribution in [-0.2, 0) is 6.54 Å². The number of nitrogen functional groups attached to an aromatic ring is 1. The van der Waals surface area contributed by atoms with Crippen molar-refractivity contribution in [2.75, 3.05) is 0 Å². The molecule has 1 fully saturated rings. The second-order valence-electron chi connectivity index (χ2n) is 8.09. The normalized spacial score (nSPS) is 18.8. The van der Waals surface area contributed by atoms with Crippen LogP contribution in [0, 0.1) is 5.41 Å². The van der Waals surface area contributed by atoms with E-state index in [1.165, 1.54) is 0 Å². The number of nitrogens with two attached hydrogens (primary N) is 2. The molecular weight excluding hydrogens is 433 g/mol. The molecule has 1 aliphatic rings. The van der Waals surface area contributed by atoms with Gasteiger partial charge in [0, 0.05) is 44.2 Å². The van der Waals surface area contributed by atoms with Crippen molar-refractivity contribution < 1.29 is 4.79 Å². The number of rotatable bonds is 5. The first-order chi connectivity index (χ1) is 14.8. The van der Waals surface area contributed by atoms with Crippen LogP contribution in [-0.4, -0.2) is 28.4 Å². The molecule has 1 aromatic heterocycles. The van der Waals surface area contributed by atoms with Gasteiger partial charge in [-0.2, -0.15) is 0 Å². The number of halogens is 2. The first-order valence-electron chi connectivity index (χ1n) is 10.3. The highest BCUT2D eigenvalue weighted by molar-refractivity contribution is 6.36. The zero-order valence-electron chi connectivity index (χ0n) is 17.0. The second kappa shape index (κ2) is 8.91. The summed E-state index contributed by atoms with van der Waals surface area (Å²) in [5.41, 5.74) is 14.3. The van der Waals surface area contributed by atoms with E-state index in [1.54, 1.807) is 24.3 Å². The lowest BCUT2D eigenvalue weighted by molar-refractivity contribution is 0.0917. The fraction of sp³-hybridized carbons (Fsp3) is 0.304. The Morgan fingerprint density at radius 1 is 1.10 bits per heavy atom. The van der Waals surface area contributed by atoms with Crippen LogP contribution in [0.1, 0.15) is 47.3 Å². The van der Waals surface area contributed by atoms with Gasteiger partial charge in [-0.05, 0) is 49.9 Å². The Bertz CT molecular complexity index is 1130. The average molecular weight is 458 g/mol. The van der Waals surface area contributed by atoms with E-state index in [-0.39, 0.29) is 23.8 Å². The maximum atomic E-state index is 13.3. The van der Waals surface area contributed by atoms with Gasteiger partial charge in [0.2, 0.25) is 0 Å². The maximum absolute atomic E-state index is 13.3. The third-order valence-corrected chi connectivity index (χ3v) is 6.64. The van der Waals surface area contributed by atoms with Crippen molar-refractivity contribution in [3.63, 3.8) is 0 Å². The quantitative estimate of drug-likeness (QED) is 0.338. The molecule has 1 amide bonds. The minimum atomic E-state index is -0.149. The predicted octanol–water partition coefficient (Wildman–Crippen LogP) is 4.28. The highest BCUT2D eigenvalue weighted by Gasteiger charge is 2.23. The number of nitrogens with one attached hydrogen (secondary N) is 2. The third-order valence-electron chi connectivity index (χ3n) is 5.93. The van der Waals surface area contributed by atoms with Crippen molar-refractivity contribution in [1.29, 1.82) is 5.41 Å². The maximum Gasteiger partial charge on any atom is 0.268 e. The molecule has 1 aliphatic carbocycles. The molecule has 3 aromatic rings. The van der Waals surface area contributed by atoms with E-state index in [0.717, 1.165) is 42.1 Å². The van der Waals surface area contributed by atoms with Crippen LogP contribution in [0.2, 0.25) is 10.0 Å². The number of hydrogen-bond acceptors (Lipinski definition) is 3. The summed E-state index contributed by atoms with van der Waals surface area (Å²) in [4.78, 5) is 13.3. The van der Waals surface area contributed by atoms with Crippen LogP contribution in [0.25, 0.3) is 10.9 Å². The Morgan fingerprint density at radius 3 is 2.42 bits per heavy atom. The van der Waals surface area contributed by atoms with Crippen LogP contribution in [0.3, 0.4) is 0 Å². The minimum Gasteiger partial charge on any atom is -0.384 e. The van der Waals surface area contributed by atoms with Gasteiger partial charge in [-0.3, -0.25) is 10.2 Å². The molecule has 2 aromatic carbocycles. The molecule has 0 unspecified atom stereocenters. The second-order valence-corrected chi connectivity index (χ2v) is 8.90. The highest BCUT2D eigenvalue weighted by Crippen LogP contribution is 2.29. The van der Waals surface area contributed by atoms with Gasteiger partial charge >= 0.3 is 0 Å². The van der Waals surface area contributed by atoms with Gasteiger partial charge < -0.3 is 21.4 Å². The zero-order chi connectivity index (χ0) is 22.1. The number of fused-ring (bicyclic) bond motifs is 1. The molecule has 0 aliphatic heterocycles. The van der Waals surface area contributed by atoms with Crippen LogP contribution in [0.5, 0.6) is 0 Å². The van der Waals surface area contributed by atoms with E-state index in [1.807, 2.05) is 22.8 Å². The summed E-state index contributed by atoms with van der Waals surface area (Å²) in [6, 6.07) is 13.0. The summed E-state index contributed by atoms with van der Waals surface area (Å²) < 4.78 is 1.89. The molecular formula is C23H25Cl2N5O. The molecule has 0 saturated heterocycles. The molecule has 31 heavy (non-hydrogen) atoms. The number of aromatic nitrogens is 1. The lowest BCUT2D eigenvalue weighted by Crippen LogP contribution is -2.41. The molecule has 4 rings (SSSR count). The lowest BCUT2D eigenvalue weighted by atomic mass is 9.92. The highest BCUT2D eigenvalue weighted by atomic mass is 35.5. The number of amidine groups is 1. The predicted molar refractivity (Wildman–Crippen MR) is 126 cm³/mol. The topological polar surface area (TPSA) is 110 Å². The van der Waals surface area contributed by atoms with Crippen LogP contribution in [0.4, 0.5) is 0 Å². The number of amides is 1. The molecule has 0 bridgehead atoms. The lowest BCUT2D eigenvalue weighted by Gasteiger charge is -2.27. The van der Waals surface area contributed by atoms with Crippen LogP contribution in [0.15, 0.2) is 42.5 Å². The smallest absolute Gasteiger partial charge is 0.268 e. The van der Waals surface area contributed by atoms with Gasteiger partial charge in [0.15, 0.2) is 0 Å². The SMILES string of the molecule is N=C(N)c1ccc2cc(C(=O)NC3CCC(N)CC3)n(Cc3c(Cl)cccc3Cl)c2c1. The van der Waals surface area contributed by atoms with Gasteiger partial charge in [-0.25, -0.2) is 0 Å². The Labute approximate surface area is 191 Å². The molecule has 0 atom stereocenters. The number of carbonyl (C=O) groups is 1. The molecule has 8 heteroatoms. The van der Waals surface area contributed by atoms with E-state index in [9.17, 15) is 4.79 Å². The fourth-order valence-corrected chi connectivity index (χ4v) is 4.66. The molecule has 1 heterocycles. The van der Waals surface area contributed by atoms with Crippen molar-refractivity contribution in [3.8, 4) is 0 Å². The molecule has 0 spiro atoms. The molecule has 1 saturated carbocycles. The monoisotopic (exact) mass is 457 g/mol. The summed E-state index contributed by atoms with van der Waals surface area (Å²) in [5.74, 6) is -0.181. The Morgan fingerprint density at radius 2 is 1.77 bits per heavy atom. The third kappa shape index (κ3) is 4.56. The van der Waals surface area contributed by atoms with E-state index in [4.69, 9.17) is 40.1 Å². The first-order valence-corrected chi connectivity index (χ1v) is 11.1. The van der Waals surface area contributed by atoms with Crippen molar-refractivity contribution >= 4 is 45.8 Å². The Balaban J connectivity index is 1.75. The number of carbonyl (C=O) groups excluding carboxylic acids is 1. The summed E-state index contributed by atoms with van der Waals surface area (Å²) >= 11 is 12.8. The Hall–Kier alpha value is -2.54. The number of benzene rings is 2. The van der Waals surface area contributed by atoms with Crippen LogP contribution >= 0.6 is 23.2 Å². The van der Waals surface area contributed by atoms with Gasteiger partial charge in [0.05, 0.1) is 6.54 Å². The van der Waals surface area contributed by atoms with Crippen molar-refractivity contribution in [2.24, 2.45) is 11.5 Å². The van der Waals surface area contributed by atoms with E-state index in [2.05, 4.69) is 5.32 Å². The summed E-state index contributed by atoms with van der Waals surface area (Å²) in [6.07, 6.45) is 3.56. The van der Waals surface area contributed by atoms with Crippen molar-refractivity contribution in [2.45, 2.75) is 44.3 Å². The van der Waals surface area contributed by atoms with E-state index >= 15 is 0 Å². The molecule has 162 valence electrons. The summed E-state index contributed by atoms with van der Waals surface area (Å²) in [5, 5.41) is 12.9. The largest absolute Gasteiger partial charge is 0.384 e. The van der Waals surface area contributed by atoms with E-state index in [0.29, 0.717) is 27.8 Å². The van der Waals surface area contributed by atoms with Gasteiger partial charge in [-0.1, -0.05) is 41.4 Å². The summed E-state index contributed by atoms with van der Waals surface area (Å²) in [7, 11) is 0. The first kappa shape index (κ1) is 21.7.